The van der Waals surface area contributed by atoms with E-state index in [1.807, 2.05) is 0 Å². The molecule has 1 aliphatic rings. The third-order valence-electron chi connectivity index (χ3n) is 2.35. The minimum absolute atomic E-state index is 0.0524. The van der Waals surface area contributed by atoms with Gasteiger partial charge in [0.05, 0.1) is 25.9 Å². The van der Waals surface area contributed by atoms with Gasteiger partial charge in [-0.15, -0.1) is 0 Å². The quantitative estimate of drug-likeness (QED) is 0.394. The molecule has 18 heavy (non-hydrogen) atoms. The molecule has 1 rings (SSSR count). The summed E-state index contributed by atoms with van der Waals surface area (Å²) in [5.41, 5.74) is 0.310. The summed E-state index contributed by atoms with van der Waals surface area (Å²) >= 11 is 0. The lowest BCUT2D eigenvalue weighted by Gasteiger charge is -2.21. The van der Waals surface area contributed by atoms with Crippen LogP contribution in [-0.2, 0) is 23.7 Å². The van der Waals surface area contributed by atoms with Gasteiger partial charge in [-0.1, -0.05) is 6.08 Å². The van der Waals surface area contributed by atoms with Crippen LogP contribution in [-0.4, -0.2) is 57.5 Å². The average molecular weight is 258 g/mol. The van der Waals surface area contributed by atoms with E-state index >= 15 is 0 Å². The Bertz CT molecular complexity index is 323. The highest BCUT2D eigenvalue weighted by atomic mass is 16.7. The minimum atomic E-state index is -0.893. The van der Waals surface area contributed by atoms with E-state index < -0.39 is 18.2 Å². The van der Waals surface area contributed by atoms with Crippen molar-refractivity contribution in [3.8, 4) is 0 Å². The van der Waals surface area contributed by atoms with Crippen LogP contribution >= 0.6 is 0 Å². The van der Waals surface area contributed by atoms with Gasteiger partial charge in [0.2, 0.25) is 0 Å². The Kier molecular flexibility index (Phi) is 6.59. The largest absolute Gasteiger partial charge is 0.465 e. The molecule has 0 spiro atoms. The van der Waals surface area contributed by atoms with E-state index in [1.54, 1.807) is 19.3 Å². The van der Waals surface area contributed by atoms with E-state index in [0.717, 1.165) is 0 Å². The molecule has 0 radical (unpaired) electrons. The van der Waals surface area contributed by atoms with Gasteiger partial charge in [-0.25, -0.2) is 4.79 Å². The summed E-state index contributed by atoms with van der Waals surface area (Å²) in [5.74, 6) is -0.486. The maximum absolute atomic E-state index is 11.2. The van der Waals surface area contributed by atoms with E-state index in [1.165, 1.54) is 13.2 Å². The first kappa shape index (κ1) is 14.8. The van der Waals surface area contributed by atoms with Crippen molar-refractivity contribution in [1.29, 1.82) is 0 Å². The number of esters is 1. The Morgan fingerprint density at radius 3 is 2.78 bits per heavy atom. The lowest BCUT2D eigenvalue weighted by atomic mass is 10.0. The highest BCUT2D eigenvalue weighted by Crippen LogP contribution is 2.15. The molecule has 1 aliphatic carbocycles. The molecule has 0 aromatic rings. The average Bonchev–Trinajstić information content (AvgIpc) is 2.39. The van der Waals surface area contributed by atoms with Crippen molar-refractivity contribution in [2.45, 2.75) is 12.2 Å². The predicted octanol–water partition coefficient (Wildman–Crippen LogP) is 0.0222. The van der Waals surface area contributed by atoms with E-state index in [9.17, 15) is 9.90 Å². The van der Waals surface area contributed by atoms with Crippen LogP contribution in [0.5, 0.6) is 0 Å². The second-order valence-corrected chi connectivity index (χ2v) is 3.61. The Hall–Kier alpha value is -1.21. The fourth-order valence-corrected chi connectivity index (χ4v) is 1.38. The van der Waals surface area contributed by atoms with Crippen LogP contribution in [0.2, 0.25) is 0 Å². The topological polar surface area (TPSA) is 74.2 Å². The molecule has 0 amide bonds. The Morgan fingerprint density at radius 1 is 1.39 bits per heavy atom. The molecule has 0 saturated heterocycles. The first-order valence-corrected chi connectivity index (χ1v) is 5.53. The van der Waals surface area contributed by atoms with Crippen molar-refractivity contribution in [3.63, 3.8) is 0 Å². The number of aliphatic hydroxyl groups is 1. The van der Waals surface area contributed by atoms with Crippen molar-refractivity contribution in [2.24, 2.45) is 0 Å². The van der Waals surface area contributed by atoms with Crippen molar-refractivity contribution in [3.05, 3.63) is 23.8 Å². The predicted molar refractivity (Wildman–Crippen MR) is 62.8 cm³/mol. The van der Waals surface area contributed by atoms with Gasteiger partial charge < -0.3 is 24.1 Å². The molecule has 0 bridgehead atoms. The molecule has 6 heteroatoms. The van der Waals surface area contributed by atoms with Crippen LogP contribution < -0.4 is 0 Å². The van der Waals surface area contributed by atoms with Crippen LogP contribution in [0, 0.1) is 0 Å². The second-order valence-electron chi connectivity index (χ2n) is 3.61. The highest BCUT2D eigenvalue weighted by Gasteiger charge is 2.22. The smallest absolute Gasteiger partial charge is 0.337 e. The first-order chi connectivity index (χ1) is 8.69. The fourth-order valence-electron chi connectivity index (χ4n) is 1.38. The molecule has 0 aromatic heterocycles. The van der Waals surface area contributed by atoms with Gasteiger partial charge in [-0.3, -0.25) is 0 Å². The van der Waals surface area contributed by atoms with Gasteiger partial charge in [0.1, 0.15) is 19.0 Å². The second kappa shape index (κ2) is 7.99. The zero-order valence-corrected chi connectivity index (χ0v) is 10.5. The molecule has 102 valence electrons. The number of hydrogen-bond donors (Lipinski definition) is 1. The minimum Gasteiger partial charge on any atom is -0.465 e. The summed E-state index contributed by atoms with van der Waals surface area (Å²) < 4.78 is 19.8. The molecule has 0 aliphatic heterocycles. The number of methoxy groups -OCH3 is 2. The van der Waals surface area contributed by atoms with Crippen molar-refractivity contribution >= 4 is 5.97 Å². The summed E-state index contributed by atoms with van der Waals surface area (Å²) in [6.45, 7) is 0.960. The van der Waals surface area contributed by atoms with Gasteiger partial charge >= 0.3 is 5.97 Å². The van der Waals surface area contributed by atoms with Gasteiger partial charge in [0, 0.05) is 7.11 Å². The monoisotopic (exact) mass is 258 g/mol. The standard InChI is InChI=1S/C12H18O6/c1-15-5-6-17-8-18-11-4-3-9(7-10(11)13)12(14)16-2/h3-4,7,10-11,13H,5-6,8H2,1-2H3/t10-,11-/m1/s1. The van der Waals surface area contributed by atoms with Crippen molar-refractivity contribution in [1.82, 2.24) is 0 Å². The van der Waals surface area contributed by atoms with Crippen molar-refractivity contribution in [2.75, 3.05) is 34.2 Å². The molecule has 0 heterocycles. The third-order valence-corrected chi connectivity index (χ3v) is 2.35. The van der Waals surface area contributed by atoms with Gasteiger partial charge in [-0.2, -0.15) is 0 Å². The Labute approximate surface area is 106 Å². The third kappa shape index (κ3) is 4.58. The van der Waals surface area contributed by atoms with Gasteiger partial charge in [-0.05, 0) is 12.2 Å². The number of aliphatic hydroxyl groups excluding tert-OH is 1. The van der Waals surface area contributed by atoms with Crippen molar-refractivity contribution < 1.29 is 28.8 Å². The van der Waals surface area contributed by atoms with E-state index in [4.69, 9.17) is 14.2 Å². The van der Waals surface area contributed by atoms with Gasteiger partial charge in [0.25, 0.3) is 0 Å². The van der Waals surface area contributed by atoms with E-state index in [-0.39, 0.29) is 6.79 Å². The zero-order valence-electron chi connectivity index (χ0n) is 10.5. The number of carbonyl (C=O) groups excluding carboxylic acids is 1. The lowest BCUT2D eigenvalue weighted by Crippen LogP contribution is -2.30. The number of carbonyl (C=O) groups is 1. The van der Waals surface area contributed by atoms with Crippen LogP contribution in [0.4, 0.5) is 0 Å². The summed E-state index contributed by atoms with van der Waals surface area (Å²) in [6, 6.07) is 0. The highest BCUT2D eigenvalue weighted by molar-refractivity contribution is 5.91. The maximum Gasteiger partial charge on any atom is 0.337 e. The summed E-state index contributed by atoms with van der Waals surface area (Å²) in [6.07, 6.45) is 3.12. The normalized spacial score (nSPS) is 22.7. The summed E-state index contributed by atoms with van der Waals surface area (Å²) in [4.78, 5) is 11.2. The Morgan fingerprint density at radius 2 is 2.17 bits per heavy atom. The Balaban J connectivity index is 2.32. The molecular formula is C12H18O6. The van der Waals surface area contributed by atoms with Gasteiger partial charge in [0.15, 0.2) is 0 Å². The molecule has 2 atom stereocenters. The molecule has 0 fully saturated rings. The molecule has 1 N–H and O–H groups in total. The van der Waals surface area contributed by atoms with Crippen LogP contribution in [0.25, 0.3) is 0 Å². The number of rotatable bonds is 7. The van der Waals surface area contributed by atoms with E-state index in [2.05, 4.69) is 4.74 Å². The van der Waals surface area contributed by atoms with E-state index in [0.29, 0.717) is 18.8 Å². The summed E-state index contributed by atoms with van der Waals surface area (Å²) in [7, 11) is 2.87. The molecule has 6 nitrogen and oxygen atoms in total. The fraction of sp³-hybridized carbons (Fsp3) is 0.583. The number of ether oxygens (including phenoxy) is 4. The lowest BCUT2D eigenvalue weighted by molar-refractivity contribution is -0.136. The SMILES string of the molecule is COCCOCO[C@@H]1C=CC(C(=O)OC)=C[C@H]1O. The molecule has 0 aromatic carbocycles. The van der Waals surface area contributed by atoms with Crippen LogP contribution in [0.15, 0.2) is 23.8 Å². The first-order valence-electron chi connectivity index (χ1n) is 5.53. The molecular weight excluding hydrogens is 240 g/mol. The van der Waals surface area contributed by atoms with Crippen LogP contribution in [0.3, 0.4) is 0 Å². The number of hydrogen-bond acceptors (Lipinski definition) is 6. The zero-order chi connectivity index (χ0) is 13.4. The molecule has 0 saturated carbocycles. The molecule has 0 unspecified atom stereocenters. The maximum atomic E-state index is 11.2. The summed E-state index contributed by atoms with van der Waals surface area (Å²) in [5, 5.41) is 9.75. The van der Waals surface area contributed by atoms with Crippen LogP contribution in [0.1, 0.15) is 0 Å².